The average Bonchev–Trinajstić information content (AvgIpc) is 3.44. The van der Waals surface area contributed by atoms with Crippen molar-refractivity contribution in [2.24, 2.45) is 11.8 Å². The second-order valence-electron chi connectivity index (χ2n) is 9.03. The molecule has 3 aromatic carbocycles. The molecular weight excluding hydrogens is 494 g/mol. The monoisotopic (exact) mass is 509 g/mol. The van der Waals surface area contributed by atoms with Gasteiger partial charge in [-0.3, -0.25) is 19.2 Å². The highest BCUT2D eigenvalue weighted by molar-refractivity contribution is 6.37. The van der Waals surface area contributed by atoms with Crippen LogP contribution in [0.5, 0.6) is 0 Å². The van der Waals surface area contributed by atoms with Gasteiger partial charge in [0.25, 0.3) is 0 Å². The first kappa shape index (κ1) is 23.2. The third-order valence-corrected chi connectivity index (χ3v) is 7.18. The number of alkyl halides is 3. The number of fused-ring (bicyclic) bond motifs is 3. The van der Waals surface area contributed by atoms with Gasteiger partial charge in [-0.05, 0) is 18.2 Å². The molecule has 6 rings (SSSR count). The molecule has 1 aliphatic carbocycles. The number of ketones is 2. The zero-order valence-electron chi connectivity index (χ0n) is 18.7. The molecule has 2 aliphatic heterocycles. The summed E-state index contributed by atoms with van der Waals surface area (Å²) in [6.07, 6.45) is -6.49. The van der Waals surface area contributed by atoms with Crippen molar-refractivity contribution >= 4 is 29.1 Å². The molecule has 0 bridgehead atoms. The molecule has 0 aromatic heterocycles. The lowest BCUT2D eigenvalue weighted by Gasteiger charge is -2.28. The van der Waals surface area contributed by atoms with E-state index in [1.54, 1.807) is 0 Å². The van der Waals surface area contributed by atoms with E-state index >= 15 is 0 Å². The van der Waals surface area contributed by atoms with Gasteiger partial charge in [0, 0.05) is 16.7 Å². The molecular formula is C27H15F4NO5. The molecule has 2 fully saturated rings. The lowest BCUT2D eigenvalue weighted by molar-refractivity contribution is -0.137. The Kier molecular flexibility index (Phi) is 4.81. The highest BCUT2D eigenvalue weighted by atomic mass is 19.4. The van der Waals surface area contributed by atoms with Crippen molar-refractivity contribution in [1.29, 1.82) is 0 Å². The number of nitrogens with zero attached hydrogens (tertiary/aromatic N) is 1. The van der Waals surface area contributed by atoms with Crippen molar-refractivity contribution < 1.29 is 41.5 Å². The maximum atomic E-state index is 14.9. The number of Topliss-reactive ketones (excluding diaryl/α,β-unsaturated/α-hetero) is 2. The van der Waals surface area contributed by atoms with Gasteiger partial charge in [0.1, 0.15) is 5.82 Å². The number of amides is 2. The van der Waals surface area contributed by atoms with E-state index in [2.05, 4.69) is 0 Å². The van der Waals surface area contributed by atoms with Crippen LogP contribution in [0.15, 0.2) is 72.8 Å². The topological polar surface area (TPSA) is 80.8 Å². The Morgan fingerprint density at radius 3 is 1.95 bits per heavy atom. The van der Waals surface area contributed by atoms with Crippen LogP contribution in [-0.4, -0.2) is 29.0 Å². The lowest BCUT2D eigenvalue weighted by Crippen LogP contribution is -2.51. The quantitative estimate of drug-likeness (QED) is 0.288. The van der Waals surface area contributed by atoms with Crippen LogP contribution in [-0.2, 0) is 20.5 Å². The molecule has 0 saturated carbocycles. The van der Waals surface area contributed by atoms with E-state index in [0.717, 1.165) is 18.2 Å². The molecule has 186 valence electrons. The summed E-state index contributed by atoms with van der Waals surface area (Å²) >= 11 is 0. The molecule has 2 saturated heterocycles. The van der Waals surface area contributed by atoms with Crippen molar-refractivity contribution in [2.45, 2.75) is 17.9 Å². The van der Waals surface area contributed by atoms with Crippen molar-refractivity contribution in [2.75, 3.05) is 4.90 Å². The zero-order valence-corrected chi connectivity index (χ0v) is 18.7. The van der Waals surface area contributed by atoms with Gasteiger partial charge in [-0.15, -0.1) is 0 Å². The average molecular weight is 509 g/mol. The Balaban J connectivity index is 1.58. The zero-order chi connectivity index (χ0) is 26.3. The van der Waals surface area contributed by atoms with Crippen LogP contribution in [0, 0.1) is 17.7 Å². The SMILES string of the molecule is O=C1[C@H]2[C@@H](C(=O)N1c1ccccc1C(F)(F)F)C1(O[C@H]2c2ccccc2F)C(=O)c2ccccc2C1=O. The third-order valence-electron chi connectivity index (χ3n) is 7.18. The van der Waals surface area contributed by atoms with Crippen molar-refractivity contribution in [3.05, 3.63) is 101 Å². The number of imide groups is 1. The maximum absolute atomic E-state index is 14.9. The number of hydrogen-bond acceptors (Lipinski definition) is 5. The Bertz CT molecular complexity index is 1500. The number of benzene rings is 3. The molecule has 0 radical (unpaired) electrons. The molecule has 6 nitrogen and oxygen atoms in total. The number of anilines is 1. The first-order valence-corrected chi connectivity index (χ1v) is 11.2. The fraction of sp³-hybridized carbons (Fsp3) is 0.185. The van der Waals surface area contributed by atoms with E-state index in [1.165, 1.54) is 48.5 Å². The Labute approximate surface area is 206 Å². The van der Waals surface area contributed by atoms with Crippen LogP contribution in [0.3, 0.4) is 0 Å². The minimum absolute atomic E-state index is 0.0465. The Morgan fingerprint density at radius 2 is 1.32 bits per heavy atom. The van der Waals surface area contributed by atoms with Gasteiger partial charge in [0.05, 0.1) is 29.2 Å². The second-order valence-corrected chi connectivity index (χ2v) is 9.03. The summed E-state index contributed by atoms with van der Waals surface area (Å²) in [6.45, 7) is 0. The van der Waals surface area contributed by atoms with E-state index in [4.69, 9.17) is 4.74 Å². The van der Waals surface area contributed by atoms with Crippen molar-refractivity contribution in [1.82, 2.24) is 0 Å². The predicted octanol–water partition coefficient (Wildman–Crippen LogP) is 4.54. The van der Waals surface area contributed by atoms with Gasteiger partial charge in [-0.25, -0.2) is 9.29 Å². The largest absolute Gasteiger partial charge is 0.418 e. The minimum atomic E-state index is -4.91. The number of ether oxygens (including phenoxy) is 1. The standard InChI is InChI=1S/C27H15F4NO5/c28-17-11-5-3-9-15(17)21-19-20(26(37-21)22(33)13-7-1-2-8-14(13)23(26)34)25(36)32(24(19)35)18-12-6-4-10-16(18)27(29,30)31/h1-12,19-21H/t19-,20-,21-/m0/s1. The maximum Gasteiger partial charge on any atom is 0.418 e. The van der Waals surface area contributed by atoms with Crippen LogP contribution in [0.25, 0.3) is 0 Å². The van der Waals surface area contributed by atoms with E-state index in [9.17, 15) is 36.7 Å². The highest BCUT2D eigenvalue weighted by Gasteiger charge is 2.75. The van der Waals surface area contributed by atoms with Gasteiger partial charge < -0.3 is 4.74 Å². The normalized spacial score (nSPS) is 24.2. The van der Waals surface area contributed by atoms with E-state index in [-0.39, 0.29) is 16.7 Å². The third kappa shape index (κ3) is 2.96. The lowest BCUT2D eigenvalue weighted by atomic mass is 9.77. The number of carbonyl (C=O) groups is 4. The molecule has 2 heterocycles. The molecule has 1 spiro atoms. The summed E-state index contributed by atoms with van der Waals surface area (Å²) in [4.78, 5) is 55.2. The summed E-state index contributed by atoms with van der Waals surface area (Å²) in [5, 5.41) is 0. The number of carbonyl (C=O) groups excluding carboxylic acids is 4. The number of hydrogen-bond donors (Lipinski definition) is 0. The Hall–Kier alpha value is -4.18. The van der Waals surface area contributed by atoms with E-state index in [0.29, 0.717) is 11.0 Å². The van der Waals surface area contributed by atoms with Crippen LogP contribution in [0.4, 0.5) is 23.2 Å². The Morgan fingerprint density at radius 1 is 0.757 bits per heavy atom. The van der Waals surface area contributed by atoms with Crippen LogP contribution in [0.1, 0.15) is 37.9 Å². The second kappa shape index (κ2) is 7.66. The first-order chi connectivity index (χ1) is 17.6. The van der Waals surface area contributed by atoms with Gasteiger partial charge in [-0.2, -0.15) is 13.2 Å². The fourth-order valence-corrected chi connectivity index (χ4v) is 5.65. The van der Waals surface area contributed by atoms with Gasteiger partial charge >= 0.3 is 6.18 Å². The molecule has 10 heteroatoms. The van der Waals surface area contributed by atoms with Crippen molar-refractivity contribution in [3.8, 4) is 0 Å². The molecule has 3 atom stereocenters. The molecule has 37 heavy (non-hydrogen) atoms. The van der Waals surface area contributed by atoms with Crippen LogP contribution >= 0.6 is 0 Å². The molecule has 3 aliphatic rings. The smallest absolute Gasteiger partial charge is 0.349 e. The number of rotatable bonds is 2. The minimum Gasteiger partial charge on any atom is -0.349 e. The molecule has 0 unspecified atom stereocenters. The van der Waals surface area contributed by atoms with Crippen molar-refractivity contribution in [3.63, 3.8) is 0 Å². The molecule has 3 aromatic rings. The summed E-state index contributed by atoms with van der Waals surface area (Å²) in [7, 11) is 0. The fourth-order valence-electron chi connectivity index (χ4n) is 5.65. The van der Waals surface area contributed by atoms with Gasteiger partial charge in [-0.1, -0.05) is 54.6 Å². The van der Waals surface area contributed by atoms with E-state index < -0.39 is 70.2 Å². The summed E-state index contributed by atoms with van der Waals surface area (Å²) < 4.78 is 62.3. The van der Waals surface area contributed by atoms with Crippen LogP contribution < -0.4 is 4.90 Å². The van der Waals surface area contributed by atoms with E-state index in [1.807, 2.05) is 0 Å². The van der Waals surface area contributed by atoms with Gasteiger partial charge in [0.15, 0.2) is 0 Å². The highest BCUT2D eigenvalue weighted by Crippen LogP contribution is 2.58. The van der Waals surface area contributed by atoms with Gasteiger partial charge in [0.2, 0.25) is 29.0 Å². The summed E-state index contributed by atoms with van der Waals surface area (Å²) in [5.74, 6) is -8.34. The summed E-state index contributed by atoms with van der Waals surface area (Å²) in [6, 6.07) is 14.9. The predicted molar refractivity (Wildman–Crippen MR) is 119 cm³/mol. The number of para-hydroxylation sites is 1. The molecule has 0 N–H and O–H groups in total. The summed E-state index contributed by atoms with van der Waals surface area (Å²) in [5.41, 5.74) is -4.79. The number of halogens is 4. The first-order valence-electron chi connectivity index (χ1n) is 11.2. The van der Waals surface area contributed by atoms with Crippen LogP contribution in [0.2, 0.25) is 0 Å². The molecule has 2 amide bonds.